The van der Waals surface area contributed by atoms with Crippen molar-refractivity contribution in [2.45, 2.75) is 32.2 Å². The Morgan fingerprint density at radius 3 is 2.39 bits per heavy atom. The van der Waals surface area contributed by atoms with Gasteiger partial charge in [0.2, 0.25) is 5.91 Å². The molecule has 0 radical (unpaired) electrons. The molecule has 184 valence electrons. The van der Waals surface area contributed by atoms with Crippen molar-refractivity contribution >= 4 is 11.5 Å². The van der Waals surface area contributed by atoms with Gasteiger partial charge in [0.1, 0.15) is 5.75 Å². The third-order valence-electron chi connectivity index (χ3n) is 8.09. The van der Waals surface area contributed by atoms with E-state index in [9.17, 15) is 4.79 Å². The number of hydrogen-bond acceptors (Lipinski definition) is 5. The van der Waals surface area contributed by atoms with Crippen LogP contribution in [0.4, 0.5) is 0 Å². The van der Waals surface area contributed by atoms with Crippen LogP contribution in [0, 0.1) is 11.3 Å². The van der Waals surface area contributed by atoms with Crippen molar-refractivity contribution in [2.75, 3.05) is 26.2 Å². The predicted molar refractivity (Wildman–Crippen MR) is 139 cm³/mol. The van der Waals surface area contributed by atoms with Crippen LogP contribution in [-0.2, 0) is 11.3 Å². The molecule has 2 fully saturated rings. The molecule has 36 heavy (non-hydrogen) atoms. The second kappa shape index (κ2) is 9.86. The van der Waals surface area contributed by atoms with Gasteiger partial charge in [-0.15, -0.1) is 0 Å². The number of benzene rings is 2. The van der Waals surface area contributed by atoms with E-state index < -0.39 is 0 Å². The maximum absolute atomic E-state index is 13.3. The highest BCUT2D eigenvalue weighted by atomic mass is 16.5. The van der Waals surface area contributed by atoms with E-state index in [1.807, 2.05) is 18.2 Å². The molecule has 1 aliphatic carbocycles. The summed E-state index contributed by atoms with van der Waals surface area (Å²) in [5.74, 6) is 1.35. The number of carbonyl (C=O) groups excluding carboxylic acids is 1. The van der Waals surface area contributed by atoms with Crippen LogP contribution < -0.4 is 4.74 Å². The number of nitrogens with zero attached hydrogens (tertiary/aromatic N) is 4. The van der Waals surface area contributed by atoms with Gasteiger partial charge in [-0.1, -0.05) is 48.5 Å². The lowest BCUT2D eigenvalue weighted by Gasteiger charge is -2.34. The summed E-state index contributed by atoms with van der Waals surface area (Å²) in [6.45, 7) is 4.62. The fraction of sp³-hybridized carbons (Fsp3) is 0.367. The largest absolute Gasteiger partial charge is 0.424 e. The van der Waals surface area contributed by atoms with Gasteiger partial charge < -0.3 is 9.64 Å². The number of piperidine rings is 1. The molecule has 1 saturated carbocycles. The van der Waals surface area contributed by atoms with Crippen LogP contribution in [0.3, 0.4) is 0 Å². The lowest BCUT2D eigenvalue weighted by atomic mass is 9.90. The van der Waals surface area contributed by atoms with Gasteiger partial charge in [0.25, 0.3) is 0 Å². The zero-order valence-electron chi connectivity index (χ0n) is 20.6. The molecule has 6 rings (SSSR count). The number of amides is 1. The average molecular weight is 481 g/mol. The third kappa shape index (κ3) is 4.91. The van der Waals surface area contributed by atoms with Crippen LogP contribution in [-0.4, -0.2) is 51.9 Å². The van der Waals surface area contributed by atoms with Gasteiger partial charge in [0.15, 0.2) is 0 Å². The van der Waals surface area contributed by atoms with Crippen molar-refractivity contribution in [1.29, 1.82) is 0 Å². The first kappa shape index (κ1) is 22.9. The van der Waals surface area contributed by atoms with E-state index in [0.29, 0.717) is 11.9 Å². The molecule has 0 N–H and O–H groups in total. The maximum Gasteiger partial charge on any atom is 0.321 e. The van der Waals surface area contributed by atoms with Gasteiger partial charge >= 0.3 is 6.01 Å². The first-order valence-electron chi connectivity index (χ1n) is 13.0. The maximum atomic E-state index is 13.3. The second-order valence-electron chi connectivity index (χ2n) is 10.3. The van der Waals surface area contributed by atoms with E-state index in [1.165, 1.54) is 16.7 Å². The summed E-state index contributed by atoms with van der Waals surface area (Å²) in [5.41, 5.74) is 4.16. The number of aromatic nitrogens is 2. The Balaban J connectivity index is 0.979. The number of hydrogen-bond donors (Lipinski definition) is 0. The minimum atomic E-state index is 0.225. The number of likely N-dealkylation sites (tertiary alicyclic amines) is 1. The predicted octanol–water partition coefficient (Wildman–Crippen LogP) is 5.19. The zero-order chi connectivity index (χ0) is 24.4. The SMILES string of the molecule is O=C(C1CC12CCN(Cc1ccc(Oc3ncccn3)cc1)CC2)N1CC=C(c2ccccc2)CC1. The van der Waals surface area contributed by atoms with Gasteiger partial charge in [-0.05, 0) is 79.1 Å². The van der Waals surface area contributed by atoms with Gasteiger partial charge in [-0.2, -0.15) is 0 Å². The highest BCUT2D eigenvalue weighted by Crippen LogP contribution is 2.60. The third-order valence-corrected chi connectivity index (χ3v) is 8.09. The molecule has 1 amide bonds. The van der Waals surface area contributed by atoms with E-state index in [4.69, 9.17) is 4.74 Å². The molecule has 2 aromatic carbocycles. The number of ether oxygens (including phenoxy) is 1. The molecule has 3 heterocycles. The van der Waals surface area contributed by atoms with Crippen LogP contribution in [0.2, 0.25) is 0 Å². The fourth-order valence-corrected chi connectivity index (χ4v) is 5.77. The van der Waals surface area contributed by atoms with Crippen molar-refractivity contribution in [3.63, 3.8) is 0 Å². The normalized spacial score (nSPS) is 21.2. The average Bonchev–Trinajstić information content (AvgIpc) is 3.65. The van der Waals surface area contributed by atoms with Gasteiger partial charge in [0.05, 0.1) is 0 Å². The van der Waals surface area contributed by atoms with Gasteiger partial charge in [-0.25, -0.2) is 9.97 Å². The Morgan fingerprint density at radius 1 is 0.944 bits per heavy atom. The summed E-state index contributed by atoms with van der Waals surface area (Å²) in [4.78, 5) is 26.1. The molecule has 1 aromatic heterocycles. The minimum absolute atomic E-state index is 0.225. The lowest BCUT2D eigenvalue weighted by molar-refractivity contribution is -0.133. The molecule has 1 atom stereocenters. The van der Waals surface area contributed by atoms with E-state index in [-0.39, 0.29) is 11.3 Å². The molecule has 3 aliphatic rings. The summed E-state index contributed by atoms with van der Waals surface area (Å²) >= 11 is 0. The number of carbonyl (C=O) groups is 1. The first-order chi connectivity index (χ1) is 17.7. The summed E-state index contributed by atoms with van der Waals surface area (Å²) < 4.78 is 5.70. The Hall–Kier alpha value is -3.51. The minimum Gasteiger partial charge on any atom is -0.424 e. The van der Waals surface area contributed by atoms with Crippen LogP contribution in [0.1, 0.15) is 36.8 Å². The lowest BCUT2D eigenvalue weighted by Crippen LogP contribution is -2.39. The molecule has 0 bridgehead atoms. The van der Waals surface area contributed by atoms with Gasteiger partial charge in [-0.3, -0.25) is 9.69 Å². The van der Waals surface area contributed by atoms with E-state index >= 15 is 0 Å². The van der Waals surface area contributed by atoms with E-state index in [0.717, 1.165) is 64.2 Å². The molecular formula is C30H32N4O2. The van der Waals surface area contributed by atoms with Crippen molar-refractivity contribution < 1.29 is 9.53 Å². The van der Waals surface area contributed by atoms with Crippen LogP contribution >= 0.6 is 0 Å². The molecule has 1 spiro atoms. The topological polar surface area (TPSA) is 58.6 Å². The monoisotopic (exact) mass is 480 g/mol. The van der Waals surface area contributed by atoms with Crippen LogP contribution in [0.25, 0.3) is 5.57 Å². The Labute approximate surface area is 212 Å². The summed E-state index contributed by atoms with van der Waals surface area (Å²) in [5, 5.41) is 0. The van der Waals surface area contributed by atoms with Crippen molar-refractivity contribution in [3.05, 3.63) is 90.3 Å². The Bertz CT molecular complexity index is 1220. The van der Waals surface area contributed by atoms with E-state index in [2.05, 4.69) is 62.2 Å². The van der Waals surface area contributed by atoms with Crippen molar-refractivity contribution in [2.24, 2.45) is 11.3 Å². The molecule has 1 saturated heterocycles. The highest BCUT2D eigenvalue weighted by molar-refractivity contribution is 5.84. The van der Waals surface area contributed by atoms with Crippen LogP contribution in [0.15, 0.2) is 79.1 Å². The first-order valence-corrected chi connectivity index (χ1v) is 13.0. The second-order valence-corrected chi connectivity index (χ2v) is 10.3. The molecule has 6 nitrogen and oxygen atoms in total. The van der Waals surface area contributed by atoms with Gasteiger partial charge in [0, 0.05) is 37.9 Å². The smallest absolute Gasteiger partial charge is 0.321 e. The molecule has 1 unspecified atom stereocenters. The van der Waals surface area contributed by atoms with E-state index in [1.54, 1.807) is 18.5 Å². The Kier molecular flexibility index (Phi) is 6.28. The summed E-state index contributed by atoms with van der Waals surface area (Å²) in [7, 11) is 0. The van der Waals surface area contributed by atoms with Crippen LogP contribution in [0.5, 0.6) is 11.8 Å². The Morgan fingerprint density at radius 2 is 1.69 bits per heavy atom. The highest BCUT2D eigenvalue weighted by Gasteiger charge is 2.59. The zero-order valence-corrected chi connectivity index (χ0v) is 20.6. The molecule has 3 aromatic rings. The van der Waals surface area contributed by atoms with Crippen molar-refractivity contribution in [1.82, 2.24) is 19.8 Å². The molecule has 6 heteroatoms. The summed E-state index contributed by atoms with van der Waals surface area (Å²) in [6, 6.07) is 20.8. The molecular weight excluding hydrogens is 448 g/mol. The fourth-order valence-electron chi connectivity index (χ4n) is 5.77. The standard InChI is InChI=1S/C30H32N4O2/c35-28(34-17-11-25(12-18-34)24-5-2-1-3-6-24)27-21-30(27)13-19-33(20-14-30)22-23-7-9-26(10-8-23)36-29-31-15-4-16-32-29/h1-11,15-16,27H,12-14,17-22H2. The number of rotatable bonds is 6. The van der Waals surface area contributed by atoms with Crippen molar-refractivity contribution in [3.8, 4) is 11.8 Å². The quantitative estimate of drug-likeness (QED) is 0.486. The molecule has 2 aliphatic heterocycles. The summed E-state index contributed by atoms with van der Waals surface area (Å²) in [6.07, 6.45) is 9.85.